The standard InChI is InChI=1S/C10H13NO2.C2H6/c1-6-4-7(2)9(11)5-8(6)10(12)13-3;1-2/h4-5H,11H2,1-3H3;1-2H3. The second-order valence-corrected chi connectivity index (χ2v) is 3.02. The first-order valence-electron chi connectivity index (χ1n) is 5.01. The maximum atomic E-state index is 11.2. The van der Waals surface area contributed by atoms with E-state index in [2.05, 4.69) is 4.74 Å². The van der Waals surface area contributed by atoms with Crippen LogP contribution in [0.25, 0.3) is 0 Å². The van der Waals surface area contributed by atoms with E-state index in [1.165, 1.54) is 7.11 Å². The van der Waals surface area contributed by atoms with E-state index in [0.29, 0.717) is 11.3 Å². The number of benzene rings is 1. The summed E-state index contributed by atoms with van der Waals surface area (Å²) in [6.07, 6.45) is 0. The van der Waals surface area contributed by atoms with Crippen molar-refractivity contribution in [2.75, 3.05) is 12.8 Å². The Hall–Kier alpha value is -1.51. The molecule has 15 heavy (non-hydrogen) atoms. The van der Waals surface area contributed by atoms with Crippen LogP contribution < -0.4 is 5.73 Å². The molecule has 0 saturated heterocycles. The normalized spacial score (nSPS) is 8.87. The summed E-state index contributed by atoms with van der Waals surface area (Å²) in [7, 11) is 1.36. The van der Waals surface area contributed by atoms with Crippen LogP contribution in [-0.2, 0) is 4.74 Å². The summed E-state index contributed by atoms with van der Waals surface area (Å²) < 4.78 is 4.62. The van der Waals surface area contributed by atoms with E-state index in [0.717, 1.165) is 11.1 Å². The first-order chi connectivity index (χ1) is 7.06. The van der Waals surface area contributed by atoms with Gasteiger partial charge in [-0.3, -0.25) is 0 Å². The molecule has 0 aromatic heterocycles. The fourth-order valence-electron chi connectivity index (χ4n) is 1.20. The van der Waals surface area contributed by atoms with Crippen molar-refractivity contribution in [2.45, 2.75) is 27.7 Å². The van der Waals surface area contributed by atoms with Gasteiger partial charge in [0.2, 0.25) is 0 Å². The molecule has 0 aliphatic heterocycles. The maximum Gasteiger partial charge on any atom is 0.338 e. The summed E-state index contributed by atoms with van der Waals surface area (Å²) in [4.78, 5) is 11.2. The van der Waals surface area contributed by atoms with Crippen molar-refractivity contribution < 1.29 is 9.53 Å². The third-order valence-electron chi connectivity index (χ3n) is 2.02. The number of esters is 1. The van der Waals surface area contributed by atoms with Gasteiger partial charge in [-0.25, -0.2) is 4.79 Å². The van der Waals surface area contributed by atoms with Crippen molar-refractivity contribution in [1.82, 2.24) is 0 Å². The monoisotopic (exact) mass is 209 g/mol. The van der Waals surface area contributed by atoms with Crippen LogP contribution in [0.2, 0.25) is 0 Å². The van der Waals surface area contributed by atoms with Crippen LogP contribution in [-0.4, -0.2) is 13.1 Å². The molecule has 0 radical (unpaired) electrons. The molecule has 1 aromatic carbocycles. The third kappa shape index (κ3) is 3.27. The van der Waals surface area contributed by atoms with E-state index in [1.807, 2.05) is 33.8 Å². The number of carbonyl (C=O) groups excluding carboxylic acids is 1. The number of methoxy groups -OCH3 is 1. The molecule has 0 fully saturated rings. The Morgan fingerprint density at radius 2 is 1.73 bits per heavy atom. The lowest BCUT2D eigenvalue weighted by molar-refractivity contribution is 0.0600. The fourth-order valence-corrected chi connectivity index (χ4v) is 1.20. The lowest BCUT2D eigenvalue weighted by Crippen LogP contribution is -2.05. The second-order valence-electron chi connectivity index (χ2n) is 3.02. The summed E-state index contributed by atoms with van der Waals surface area (Å²) in [6, 6.07) is 3.53. The van der Waals surface area contributed by atoms with Crippen LogP contribution in [0.15, 0.2) is 12.1 Å². The number of anilines is 1. The topological polar surface area (TPSA) is 52.3 Å². The summed E-state index contributed by atoms with van der Waals surface area (Å²) in [5.41, 5.74) is 8.69. The molecule has 3 heteroatoms. The first-order valence-corrected chi connectivity index (χ1v) is 5.01. The highest BCUT2D eigenvalue weighted by Gasteiger charge is 2.10. The average Bonchev–Trinajstić information content (AvgIpc) is 2.25. The molecule has 3 nitrogen and oxygen atoms in total. The number of ether oxygens (including phenoxy) is 1. The van der Waals surface area contributed by atoms with E-state index >= 15 is 0 Å². The second kappa shape index (κ2) is 6.06. The molecule has 1 rings (SSSR count). The van der Waals surface area contributed by atoms with E-state index in [9.17, 15) is 4.79 Å². The minimum atomic E-state index is -0.343. The summed E-state index contributed by atoms with van der Waals surface area (Å²) in [5.74, 6) is -0.343. The molecular weight excluding hydrogens is 190 g/mol. The quantitative estimate of drug-likeness (QED) is 0.571. The van der Waals surface area contributed by atoms with Crippen LogP contribution in [0.5, 0.6) is 0 Å². The molecule has 1 aromatic rings. The average molecular weight is 209 g/mol. The zero-order valence-electron chi connectivity index (χ0n) is 10.0. The SMILES string of the molecule is CC.COC(=O)c1cc(N)c(C)cc1C. The molecule has 0 aliphatic carbocycles. The van der Waals surface area contributed by atoms with Gasteiger partial charge in [-0.2, -0.15) is 0 Å². The number of rotatable bonds is 1. The molecule has 2 N–H and O–H groups in total. The molecule has 0 unspecified atom stereocenters. The van der Waals surface area contributed by atoms with Crippen molar-refractivity contribution in [3.63, 3.8) is 0 Å². The van der Waals surface area contributed by atoms with Crippen molar-refractivity contribution in [3.8, 4) is 0 Å². The smallest absolute Gasteiger partial charge is 0.338 e. The zero-order chi connectivity index (χ0) is 12.0. The van der Waals surface area contributed by atoms with Gasteiger partial charge < -0.3 is 10.5 Å². The highest BCUT2D eigenvalue weighted by Crippen LogP contribution is 2.18. The summed E-state index contributed by atoms with van der Waals surface area (Å²) >= 11 is 0. The van der Waals surface area contributed by atoms with Gasteiger partial charge in [0.1, 0.15) is 0 Å². The molecule has 0 amide bonds. The molecule has 0 aliphatic rings. The van der Waals surface area contributed by atoms with Gasteiger partial charge in [-0.05, 0) is 31.0 Å². The Kier molecular flexibility index (Phi) is 5.45. The molecule has 0 atom stereocenters. The third-order valence-corrected chi connectivity index (χ3v) is 2.02. The molecule has 0 bridgehead atoms. The zero-order valence-corrected chi connectivity index (χ0v) is 10.0. The highest BCUT2D eigenvalue weighted by molar-refractivity contribution is 5.92. The van der Waals surface area contributed by atoms with Crippen molar-refractivity contribution in [1.29, 1.82) is 0 Å². The van der Waals surface area contributed by atoms with E-state index in [-0.39, 0.29) is 5.97 Å². The maximum absolute atomic E-state index is 11.2. The Balaban J connectivity index is 0.000000921. The van der Waals surface area contributed by atoms with Crippen LogP contribution in [0.3, 0.4) is 0 Å². The number of hydrogen-bond acceptors (Lipinski definition) is 3. The van der Waals surface area contributed by atoms with Gasteiger partial charge in [-0.15, -0.1) is 0 Å². The van der Waals surface area contributed by atoms with E-state index < -0.39 is 0 Å². The lowest BCUT2D eigenvalue weighted by Gasteiger charge is -2.07. The number of hydrogen-bond donors (Lipinski definition) is 1. The highest BCUT2D eigenvalue weighted by atomic mass is 16.5. The predicted octanol–water partition coefficient (Wildman–Crippen LogP) is 2.70. The molecular formula is C12H19NO2. The summed E-state index contributed by atoms with van der Waals surface area (Å²) in [6.45, 7) is 7.77. The number of nitrogens with two attached hydrogens (primary N) is 1. The van der Waals surface area contributed by atoms with E-state index in [4.69, 9.17) is 5.73 Å². The minimum Gasteiger partial charge on any atom is -0.465 e. The molecule has 0 saturated carbocycles. The van der Waals surface area contributed by atoms with Crippen molar-refractivity contribution >= 4 is 11.7 Å². The minimum absolute atomic E-state index is 0.343. The Morgan fingerprint density at radius 1 is 1.20 bits per heavy atom. The Bertz CT molecular complexity index is 346. The van der Waals surface area contributed by atoms with Crippen LogP contribution in [0.4, 0.5) is 5.69 Å². The van der Waals surface area contributed by atoms with Crippen LogP contribution >= 0.6 is 0 Å². The number of nitrogen functional groups attached to an aromatic ring is 1. The predicted molar refractivity (Wildman–Crippen MR) is 63.0 cm³/mol. The number of aryl methyl sites for hydroxylation is 2. The van der Waals surface area contributed by atoms with Gasteiger partial charge in [0.25, 0.3) is 0 Å². The van der Waals surface area contributed by atoms with E-state index in [1.54, 1.807) is 6.07 Å². The molecule has 84 valence electrons. The fraction of sp³-hybridized carbons (Fsp3) is 0.417. The van der Waals surface area contributed by atoms with Crippen molar-refractivity contribution in [3.05, 3.63) is 28.8 Å². The van der Waals surface area contributed by atoms with Gasteiger partial charge in [0.05, 0.1) is 12.7 Å². The van der Waals surface area contributed by atoms with Crippen LogP contribution in [0.1, 0.15) is 35.3 Å². The lowest BCUT2D eigenvalue weighted by atomic mass is 10.0. The van der Waals surface area contributed by atoms with Gasteiger partial charge in [-0.1, -0.05) is 19.9 Å². The van der Waals surface area contributed by atoms with Crippen molar-refractivity contribution in [2.24, 2.45) is 0 Å². The Morgan fingerprint density at radius 3 is 2.20 bits per heavy atom. The molecule has 0 heterocycles. The van der Waals surface area contributed by atoms with Crippen LogP contribution in [0, 0.1) is 13.8 Å². The Labute approximate surface area is 91.2 Å². The van der Waals surface area contributed by atoms with Gasteiger partial charge in [0, 0.05) is 5.69 Å². The van der Waals surface area contributed by atoms with Gasteiger partial charge in [0.15, 0.2) is 0 Å². The molecule has 0 spiro atoms. The first kappa shape index (κ1) is 13.5. The van der Waals surface area contributed by atoms with Gasteiger partial charge >= 0.3 is 5.97 Å². The summed E-state index contributed by atoms with van der Waals surface area (Å²) in [5, 5.41) is 0. The number of carbonyl (C=O) groups is 1. The largest absolute Gasteiger partial charge is 0.465 e.